The highest BCUT2D eigenvalue weighted by Gasteiger charge is 2.57. The molecule has 4 rings (SSSR count). The summed E-state index contributed by atoms with van der Waals surface area (Å²) in [5, 5.41) is 40.8. The summed E-state index contributed by atoms with van der Waals surface area (Å²) in [6.07, 6.45) is -3.29. The molecule has 2 aliphatic heterocycles. The smallest absolute Gasteiger partial charge is 0.168 e. The number of hydrogen-bond donors (Lipinski definition) is 4. The standard InChI is InChI=1S/C19H21ClO5S2/c1-9-2-3-12(26-9)4-10-5-13-11(6-14(10)20)8-25-19(13)18(24)17(23)16(22)15(7-21)27-19/h2-3,5-6,15-18,21-24H,4,7-8H2,1H3/t15-,16-,17+,18-,19+/m1/s1. The van der Waals surface area contributed by atoms with E-state index in [1.165, 1.54) is 9.75 Å². The molecule has 1 fully saturated rings. The number of thioether (sulfide) groups is 1. The molecule has 1 spiro atoms. The second kappa shape index (κ2) is 7.31. The highest BCUT2D eigenvalue weighted by atomic mass is 35.5. The zero-order chi connectivity index (χ0) is 19.3. The van der Waals surface area contributed by atoms with Gasteiger partial charge >= 0.3 is 0 Å². The predicted molar refractivity (Wildman–Crippen MR) is 106 cm³/mol. The molecule has 8 heteroatoms. The Hall–Kier alpha value is -0.640. The number of fused-ring (bicyclic) bond motifs is 2. The van der Waals surface area contributed by atoms with Crippen LogP contribution in [0, 0.1) is 6.92 Å². The summed E-state index contributed by atoms with van der Waals surface area (Å²) in [7, 11) is 0. The van der Waals surface area contributed by atoms with Crippen molar-refractivity contribution in [3.8, 4) is 0 Å². The highest BCUT2D eigenvalue weighted by molar-refractivity contribution is 8.00. The van der Waals surface area contributed by atoms with Crippen LogP contribution < -0.4 is 0 Å². The molecule has 27 heavy (non-hydrogen) atoms. The first-order valence-electron chi connectivity index (χ1n) is 8.69. The Morgan fingerprint density at radius 2 is 2.00 bits per heavy atom. The van der Waals surface area contributed by atoms with Crippen LogP contribution in [0.1, 0.15) is 26.4 Å². The van der Waals surface area contributed by atoms with Crippen LogP contribution in [0.15, 0.2) is 24.3 Å². The SMILES string of the molecule is Cc1ccc(Cc2cc3c(cc2Cl)CO[C@]32S[C@H](CO)[C@@H](O)[C@H](O)[C@H]2O)s1. The van der Waals surface area contributed by atoms with Crippen LogP contribution in [0.3, 0.4) is 0 Å². The van der Waals surface area contributed by atoms with Crippen LogP contribution in [0.2, 0.25) is 5.02 Å². The molecule has 5 atom stereocenters. The van der Waals surface area contributed by atoms with Crippen molar-refractivity contribution < 1.29 is 25.2 Å². The first-order chi connectivity index (χ1) is 12.9. The first-order valence-corrected chi connectivity index (χ1v) is 10.8. The van der Waals surface area contributed by atoms with E-state index < -0.39 is 28.5 Å². The third-order valence-electron chi connectivity index (χ3n) is 5.20. The molecule has 146 valence electrons. The van der Waals surface area contributed by atoms with E-state index in [1.807, 2.05) is 12.1 Å². The second-order valence-corrected chi connectivity index (χ2v) is 10.2. The number of benzene rings is 1. The number of aryl methyl sites for hydroxylation is 1. The van der Waals surface area contributed by atoms with Crippen LogP contribution >= 0.6 is 34.7 Å². The van der Waals surface area contributed by atoms with Crippen LogP contribution in [0.4, 0.5) is 0 Å². The van der Waals surface area contributed by atoms with Gasteiger partial charge in [-0.15, -0.1) is 23.1 Å². The van der Waals surface area contributed by atoms with E-state index in [0.29, 0.717) is 11.4 Å². The highest BCUT2D eigenvalue weighted by Crippen LogP contribution is 2.54. The maximum absolute atomic E-state index is 10.7. The van der Waals surface area contributed by atoms with Gasteiger partial charge in [-0.2, -0.15) is 0 Å². The molecule has 1 aromatic carbocycles. The molecule has 0 unspecified atom stereocenters. The summed E-state index contributed by atoms with van der Waals surface area (Å²) in [5.41, 5.74) is 2.51. The van der Waals surface area contributed by atoms with Crippen LogP contribution in [0.25, 0.3) is 0 Å². The summed E-state index contributed by atoms with van der Waals surface area (Å²) in [6.45, 7) is 1.97. The fourth-order valence-electron chi connectivity index (χ4n) is 3.75. The lowest BCUT2D eigenvalue weighted by Gasteiger charge is -2.45. The molecule has 0 amide bonds. The number of hydrogen-bond acceptors (Lipinski definition) is 7. The lowest BCUT2D eigenvalue weighted by Crippen LogP contribution is -2.58. The number of rotatable bonds is 3. The Morgan fingerprint density at radius 3 is 2.67 bits per heavy atom. The quantitative estimate of drug-likeness (QED) is 0.599. The van der Waals surface area contributed by atoms with Gasteiger partial charge in [-0.25, -0.2) is 0 Å². The van der Waals surface area contributed by atoms with Gasteiger partial charge in [-0.3, -0.25) is 0 Å². The first kappa shape index (κ1) is 19.7. The molecule has 0 saturated carbocycles. The topological polar surface area (TPSA) is 90.2 Å². The summed E-state index contributed by atoms with van der Waals surface area (Å²) < 4.78 is 5.95. The van der Waals surface area contributed by atoms with E-state index in [-0.39, 0.29) is 13.2 Å². The van der Waals surface area contributed by atoms with Gasteiger partial charge in [0, 0.05) is 26.8 Å². The Bertz CT molecular complexity index is 855. The zero-order valence-corrected chi connectivity index (χ0v) is 17.0. The van der Waals surface area contributed by atoms with Gasteiger partial charge in [0.25, 0.3) is 0 Å². The normalized spacial score (nSPS) is 32.8. The monoisotopic (exact) mass is 428 g/mol. The predicted octanol–water partition coefficient (Wildman–Crippen LogP) is 2.17. The van der Waals surface area contributed by atoms with Crippen molar-refractivity contribution in [3.63, 3.8) is 0 Å². The molecule has 3 heterocycles. The minimum atomic E-state index is -1.41. The van der Waals surface area contributed by atoms with Gasteiger partial charge in [0.1, 0.15) is 12.2 Å². The van der Waals surface area contributed by atoms with Gasteiger partial charge in [0.05, 0.1) is 24.6 Å². The summed E-state index contributed by atoms with van der Waals surface area (Å²) in [6, 6.07) is 7.91. The molecule has 1 aromatic heterocycles. The summed E-state index contributed by atoms with van der Waals surface area (Å²) in [5.74, 6) is 0. The van der Waals surface area contributed by atoms with Crippen molar-refractivity contribution in [2.24, 2.45) is 0 Å². The van der Waals surface area contributed by atoms with Gasteiger partial charge in [0.2, 0.25) is 0 Å². The molecule has 1 saturated heterocycles. The van der Waals surface area contributed by atoms with Crippen molar-refractivity contribution in [2.75, 3.05) is 6.61 Å². The van der Waals surface area contributed by atoms with E-state index in [1.54, 1.807) is 11.3 Å². The van der Waals surface area contributed by atoms with E-state index in [2.05, 4.69) is 19.1 Å². The third-order valence-corrected chi connectivity index (χ3v) is 8.21. The maximum Gasteiger partial charge on any atom is 0.168 e. The largest absolute Gasteiger partial charge is 0.395 e. The number of thiophene rings is 1. The number of halogens is 1. The third kappa shape index (κ3) is 3.24. The fourth-order valence-corrected chi connectivity index (χ4v) is 6.47. The van der Waals surface area contributed by atoms with Crippen molar-refractivity contribution >= 4 is 34.7 Å². The van der Waals surface area contributed by atoms with Crippen LogP contribution in [-0.4, -0.2) is 50.6 Å². The Balaban J connectivity index is 1.75. The van der Waals surface area contributed by atoms with E-state index in [0.717, 1.165) is 28.5 Å². The fraction of sp³-hybridized carbons (Fsp3) is 0.474. The van der Waals surface area contributed by atoms with Crippen molar-refractivity contribution in [3.05, 3.63) is 55.7 Å². The zero-order valence-electron chi connectivity index (χ0n) is 14.6. The molecule has 5 nitrogen and oxygen atoms in total. The Morgan fingerprint density at radius 1 is 1.22 bits per heavy atom. The van der Waals surface area contributed by atoms with E-state index in [4.69, 9.17) is 16.3 Å². The van der Waals surface area contributed by atoms with Crippen molar-refractivity contribution in [1.82, 2.24) is 0 Å². The molecule has 0 radical (unpaired) electrons. The number of aliphatic hydroxyl groups is 4. The average Bonchev–Trinajstić information content (AvgIpc) is 3.21. The summed E-state index contributed by atoms with van der Waals surface area (Å²) in [4.78, 5) is 1.18. The number of aliphatic hydroxyl groups excluding tert-OH is 4. The number of ether oxygens (including phenoxy) is 1. The lowest BCUT2D eigenvalue weighted by molar-refractivity contribution is -0.147. The Labute approximate surface area is 170 Å². The van der Waals surface area contributed by atoms with Crippen molar-refractivity contribution in [1.29, 1.82) is 0 Å². The molecule has 2 aliphatic rings. The molecular weight excluding hydrogens is 408 g/mol. The second-order valence-electron chi connectivity index (χ2n) is 7.01. The van der Waals surface area contributed by atoms with Gasteiger partial charge in [-0.05, 0) is 42.3 Å². The lowest BCUT2D eigenvalue weighted by atomic mass is 9.91. The maximum atomic E-state index is 10.7. The molecule has 0 bridgehead atoms. The Kier molecular flexibility index (Phi) is 5.33. The molecule has 2 aromatic rings. The summed E-state index contributed by atoms with van der Waals surface area (Å²) >= 11 is 9.35. The van der Waals surface area contributed by atoms with Gasteiger partial charge < -0.3 is 25.2 Å². The average molecular weight is 429 g/mol. The van der Waals surface area contributed by atoms with Gasteiger partial charge in [-0.1, -0.05) is 11.6 Å². The van der Waals surface area contributed by atoms with E-state index in [9.17, 15) is 20.4 Å². The van der Waals surface area contributed by atoms with Gasteiger partial charge in [0.15, 0.2) is 4.93 Å². The molecular formula is C19H21ClO5S2. The molecule has 4 N–H and O–H groups in total. The van der Waals surface area contributed by atoms with Crippen LogP contribution in [0.5, 0.6) is 0 Å². The molecule has 0 aliphatic carbocycles. The van der Waals surface area contributed by atoms with Crippen LogP contribution in [-0.2, 0) is 22.7 Å². The van der Waals surface area contributed by atoms with Crippen molar-refractivity contribution in [2.45, 2.75) is 48.4 Å². The minimum absolute atomic E-state index is 0.248. The minimum Gasteiger partial charge on any atom is -0.395 e. The van der Waals surface area contributed by atoms with E-state index >= 15 is 0 Å².